The van der Waals surface area contributed by atoms with Crippen molar-refractivity contribution in [2.45, 2.75) is 19.9 Å². The van der Waals surface area contributed by atoms with Crippen LogP contribution in [0.15, 0.2) is 60.2 Å². The molecule has 0 aliphatic carbocycles. The summed E-state index contributed by atoms with van der Waals surface area (Å²) in [6.45, 7) is 3.56. The van der Waals surface area contributed by atoms with E-state index in [-0.39, 0.29) is 21.3 Å². The molecule has 7 nitrogen and oxygen atoms in total. The van der Waals surface area contributed by atoms with Crippen LogP contribution >= 0.6 is 11.3 Å². The number of rotatable bonds is 4. The minimum Gasteiger partial charge on any atom is -0.507 e. The van der Waals surface area contributed by atoms with Gasteiger partial charge in [-0.3, -0.25) is 14.5 Å². The maximum Gasteiger partial charge on any atom is 0.350 e. The Morgan fingerprint density at radius 3 is 2.34 bits per heavy atom. The minimum absolute atomic E-state index is 0.0301. The van der Waals surface area contributed by atoms with Gasteiger partial charge in [-0.2, -0.15) is 0 Å². The predicted octanol–water partition coefficient (Wildman–Crippen LogP) is 4.17. The molecule has 1 fully saturated rings. The lowest BCUT2D eigenvalue weighted by Gasteiger charge is -2.23. The molecule has 1 aliphatic heterocycles. The molecule has 3 aromatic rings. The molecule has 8 heteroatoms. The number of nitrogens with zero attached hydrogens (tertiary/aromatic N) is 2. The third-order valence-electron chi connectivity index (χ3n) is 5.25. The zero-order valence-corrected chi connectivity index (χ0v) is 18.5. The predicted molar refractivity (Wildman–Crippen MR) is 121 cm³/mol. The molecule has 1 amide bonds. The molecule has 1 saturated heterocycles. The van der Waals surface area contributed by atoms with Gasteiger partial charge in [-0.15, -0.1) is 0 Å². The van der Waals surface area contributed by atoms with Gasteiger partial charge in [-0.05, 0) is 19.4 Å². The van der Waals surface area contributed by atoms with E-state index >= 15 is 0 Å². The fraction of sp³-hybridized carbons (Fsp3) is 0.167. The first-order chi connectivity index (χ1) is 15.3. The number of ketones is 1. The number of aryl methyl sites for hydroxylation is 2. The number of aliphatic hydroxyl groups excluding tert-OH is 1. The number of thiazole rings is 1. The van der Waals surface area contributed by atoms with Crippen LogP contribution in [-0.2, 0) is 14.3 Å². The lowest BCUT2D eigenvalue weighted by Crippen LogP contribution is -2.29. The molecule has 0 spiro atoms. The van der Waals surface area contributed by atoms with E-state index in [4.69, 9.17) is 4.74 Å². The number of aliphatic hydroxyl groups is 1. The van der Waals surface area contributed by atoms with Crippen molar-refractivity contribution in [3.8, 4) is 0 Å². The van der Waals surface area contributed by atoms with Gasteiger partial charge in [0, 0.05) is 5.56 Å². The highest BCUT2D eigenvalue weighted by molar-refractivity contribution is 7.17. The SMILES string of the molecule is COC(=O)c1sc(N2C(=O)C(=O)/C(=C(/O)c3ccccc3)C2c2ccc(C)cc2)nc1C. The van der Waals surface area contributed by atoms with E-state index in [2.05, 4.69) is 4.98 Å². The van der Waals surface area contributed by atoms with Crippen molar-refractivity contribution in [3.63, 3.8) is 0 Å². The van der Waals surface area contributed by atoms with Crippen molar-refractivity contribution in [1.29, 1.82) is 0 Å². The van der Waals surface area contributed by atoms with Gasteiger partial charge in [0.15, 0.2) is 5.13 Å². The van der Waals surface area contributed by atoms with Crippen molar-refractivity contribution in [2.75, 3.05) is 12.0 Å². The van der Waals surface area contributed by atoms with Crippen LogP contribution < -0.4 is 4.90 Å². The minimum atomic E-state index is -0.896. The van der Waals surface area contributed by atoms with E-state index in [9.17, 15) is 19.5 Å². The zero-order chi connectivity index (χ0) is 23.0. The van der Waals surface area contributed by atoms with Crippen LogP contribution in [0.5, 0.6) is 0 Å². The van der Waals surface area contributed by atoms with Gasteiger partial charge in [0.05, 0.1) is 24.4 Å². The Balaban J connectivity index is 1.93. The molecule has 1 aromatic heterocycles. The van der Waals surface area contributed by atoms with Crippen LogP contribution in [-0.4, -0.2) is 34.9 Å². The largest absolute Gasteiger partial charge is 0.507 e. The number of amides is 1. The number of benzene rings is 2. The van der Waals surface area contributed by atoms with Gasteiger partial charge in [-0.1, -0.05) is 71.5 Å². The molecule has 1 aliphatic rings. The summed E-state index contributed by atoms with van der Waals surface area (Å²) < 4.78 is 4.79. The summed E-state index contributed by atoms with van der Waals surface area (Å²) in [6.07, 6.45) is 0. The molecular formula is C24H20N2O5S. The fourth-order valence-corrected chi connectivity index (χ4v) is 4.62. The van der Waals surface area contributed by atoms with E-state index in [1.165, 1.54) is 12.0 Å². The fourth-order valence-electron chi connectivity index (χ4n) is 3.61. The number of Topliss-reactive ketones (excluding diaryl/α,β-unsaturated/α-hetero) is 1. The molecule has 2 aromatic carbocycles. The first kappa shape index (κ1) is 21.5. The molecule has 32 heavy (non-hydrogen) atoms. The molecule has 0 radical (unpaired) electrons. The Bertz CT molecular complexity index is 1250. The maximum absolute atomic E-state index is 13.1. The standard InChI is InChI=1S/C24H20N2O5S/c1-13-9-11-15(12-10-13)18-17(19(27)16-7-5-4-6-8-16)20(28)22(29)26(18)24-25-14(2)21(32-24)23(30)31-3/h4-12,18,27H,1-3H3/b19-17+. The Morgan fingerprint density at radius 2 is 1.72 bits per heavy atom. The summed E-state index contributed by atoms with van der Waals surface area (Å²) in [7, 11) is 1.26. The number of aromatic nitrogens is 1. The average Bonchev–Trinajstić information content (AvgIpc) is 3.31. The summed E-state index contributed by atoms with van der Waals surface area (Å²) in [5.41, 5.74) is 2.43. The summed E-state index contributed by atoms with van der Waals surface area (Å²) in [6, 6.07) is 15.0. The van der Waals surface area contributed by atoms with Crippen LogP contribution in [0.4, 0.5) is 5.13 Å². The van der Waals surface area contributed by atoms with Crippen LogP contribution in [0.3, 0.4) is 0 Å². The number of carbonyl (C=O) groups is 3. The van der Waals surface area contributed by atoms with Crippen molar-refractivity contribution in [2.24, 2.45) is 0 Å². The van der Waals surface area contributed by atoms with Gasteiger partial charge >= 0.3 is 11.9 Å². The Kier molecular flexibility index (Phi) is 5.63. The second-order valence-electron chi connectivity index (χ2n) is 7.35. The average molecular weight is 449 g/mol. The van der Waals surface area contributed by atoms with E-state index in [1.807, 2.05) is 19.1 Å². The number of esters is 1. The quantitative estimate of drug-likeness (QED) is 0.278. The van der Waals surface area contributed by atoms with Gasteiger partial charge in [0.2, 0.25) is 0 Å². The molecule has 0 bridgehead atoms. The van der Waals surface area contributed by atoms with Crippen LogP contribution in [0.25, 0.3) is 5.76 Å². The number of anilines is 1. The smallest absolute Gasteiger partial charge is 0.350 e. The van der Waals surface area contributed by atoms with Crippen molar-refractivity contribution in [3.05, 3.63) is 87.4 Å². The molecule has 1 unspecified atom stereocenters. The van der Waals surface area contributed by atoms with Gasteiger partial charge in [-0.25, -0.2) is 9.78 Å². The monoisotopic (exact) mass is 448 g/mol. The Labute approximate surface area is 188 Å². The van der Waals surface area contributed by atoms with Crippen molar-refractivity contribution >= 4 is 39.9 Å². The molecule has 162 valence electrons. The summed E-state index contributed by atoms with van der Waals surface area (Å²) in [5, 5.41) is 11.2. The zero-order valence-electron chi connectivity index (χ0n) is 17.7. The van der Waals surface area contributed by atoms with E-state index in [0.29, 0.717) is 16.8 Å². The highest BCUT2D eigenvalue weighted by atomic mass is 32.1. The molecular weight excluding hydrogens is 428 g/mol. The molecule has 0 saturated carbocycles. The third kappa shape index (κ3) is 3.58. The molecule has 2 heterocycles. The van der Waals surface area contributed by atoms with Crippen LogP contribution in [0.1, 0.15) is 38.1 Å². The molecule has 1 N–H and O–H groups in total. The maximum atomic E-state index is 13.1. The number of methoxy groups -OCH3 is 1. The number of carbonyl (C=O) groups excluding carboxylic acids is 3. The first-order valence-electron chi connectivity index (χ1n) is 9.82. The summed E-state index contributed by atoms with van der Waals surface area (Å²) in [5.74, 6) is -2.47. The van der Waals surface area contributed by atoms with E-state index in [1.54, 1.807) is 49.4 Å². The van der Waals surface area contributed by atoms with Crippen molar-refractivity contribution < 1.29 is 24.2 Å². The van der Waals surface area contributed by atoms with E-state index in [0.717, 1.165) is 16.9 Å². The number of hydrogen-bond acceptors (Lipinski definition) is 7. The van der Waals surface area contributed by atoms with E-state index < -0.39 is 23.7 Å². The highest BCUT2D eigenvalue weighted by Crippen LogP contribution is 2.43. The topological polar surface area (TPSA) is 96.8 Å². The van der Waals surface area contributed by atoms with Gasteiger partial charge in [0.1, 0.15) is 10.6 Å². The Hall–Kier alpha value is -3.78. The van der Waals surface area contributed by atoms with Crippen LogP contribution in [0.2, 0.25) is 0 Å². The van der Waals surface area contributed by atoms with Crippen molar-refractivity contribution in [1.82, 2.24) is 4.98 Å². The van der Waals surface area contributed by atoms with Gasteiger partial charge in [0.25, 0.3) is 5.78 Å². The van der Waals surface area contributed by atoms with Gasteiger partial charge < -0.3 is 9.84 Å². The third-order valence-corrected chi connectivity index (χ3v) is 6.38. The second kappa shape index (κ2) is 8.39. The lowest BCUT2D eigenvalue weighted by molar-refractivity contribution is -0.132. The number of ether oxygens (including phenoxy) is 1. The summed E-state index contributed by atoms with van der Waals surface area (Å²) >= 11 is 0.969. The lowest BCUT2D eigenvalue weighted by atomic mass is 9.95. The number of hydrogen-bond donors (Lipinski definition) is 1. The highest BCUT2D eigenvalue weighted by Gasteiger charge is 2.48. The first-order valence-corrected chi connectivity index (χ1v) is 10.6. The Morgan fingerprint density at radius 1 is 1.06 bits per heavy atom. The van der Waals surface area contributed by atoms with Crippen LogP contribution in [0, 0.1) is 13.8 Å². The second-order valence-corrected chi connectivity index (χ2v) is 8.33. The molecule has 1 atom stereocenters. The summed E-state index contributed by atoms with van der Waals surface area (Å²) in [4.78, 5) is 44.2. The normalized spacial score (nSPS) is 17.6. The molecule has 4 rings (SSSR count).